The summed E-state index contributed by atoms with van der Waals surface area (Å²) in [5.74, 6) is -4.04. The number of aliphatic hydroxyl groups excluding tert-OH is 1. The van der Waals surface area contributed by atoms with Crippen LogP contribution < -0.4 is 16.0 Å². The molecule has 3 atom stereocenters. The van der Waals surface area contributed by atoms with Gasteiger partial charge >= 0.3 is 5.97 Å². The van der Waals surface area contributed by atoms with Crippen LogP contribution in [0.3, 0.4) is 0 Å². The van der Waals surface area contributed by atoms with Gasteiger partial charge in [0.25, 0.3) is 11.8 Å². The smallest absolute Gasteiger partial charge is 0.328 e. The molecule has 6 amide bonds. The van der Waals surface area contributed by atoms with Crippen molar-refractivity contribution in [2.75, 3.05) is 32.8 Å². The second-order valence-electron chi connectivity index (χ2n) is 11.7. The molecule has 1 saturated heterocycles. The van der Waals surface area contributed by atoms with E-state index in [0.29, 0.717) is 26.3 Å². The van der Waals surface area contributed by atoms with Crippen molar-refractivity contribution in [3.63, 3.8) is 0 Å². The predicted octanol–water partition coefficient (Wildman–Crippen LogP) is -0.303. The number of esters is 1. The number of aliphatic hydroxyl groups is 1. The zero-order valence-corrected chi connectivity index (χ0v) is 28.5. The molecule has 0 radical (unpaired) electrons. The molecule has 1 aliphatic heterocycles. The van der Waals surface area contributed by atoms with Crippen molar-refractivity contribution in [2.45, 2.75) is 97.2 Å². The fraction of sp³-hybridized carbons (Fsp3) is 0.645. The summed E-state index contributed by atoms with van der Waals surface area (Å²) in [4.78, 5) is 84.5. The Kier molecular flexibility index (Phi) is 19.4. The lowest BCUT2D eigenvalue weighted by molar-refractivity contribution is -0.163. The zero-order valence-electron chi connectivity index (χ0n) is 28.5. The van der Waals surface area contributed by atoms with Gasteiger partial charge in [-0.3, -0.25) is 44.4 Å². The van der Waals surface area contributed by atoms with Gasteiger partial charge in [0.05, 0.1) is 6.61 Å². The van der Waals surface area contributed by atoms with E-state index in [9.17, 15) is 49.2 Å². The maximum atomic E-state index is 12.6. The number of hydrogen-bond acceptors (Lipinski definition) is 12. The van der Waals surface area contributed by atoms with Crippen LogP contribution in [0.25, 0.3) is 0 Å². The molecule has 1 fully saturated rings. The third-order valence-corrected chi connectivity index (χ3v) is 7.38. The minimum absolute atomic E-state index is 0.0137. The first-order valence-corrected chi connectivity index (χ1v) is 16.0. The molecule has 0 aliphatic carbocycles. The van der Waals surface area contributed by atoms with Gasteiger partial charge < -0.3 is 25.8 Å². The minimum Gasteiger partial charge on any atom is -0.464 e. The Morgan fingerprint density at radius 2 is 1.24 bits per heavy atom. The average molecular weight is 699 g/mol. The topological polar surface area (TPSA) is 255 Å². The van der Waals surface area contributed by atoms with Gasteiger partial charge in [-0.05, 0) is 58.8 Å². The van der Waals surface area contributed by atoms with E-state index in [4.69, 9.17) is 9.84 Å². The number of hydrogen-bond donors (Lipinski definition) is 7. The van der Waals surface area contributed by atoms with Gasteiger partial charge in [0.2, 0.25) is 23.6 Å². The molecule has 18 nitrogen and oxygen atoms in total. The maximum absolute atomic E-state index is 12.6. The van der Waals surface area contributed by atoms with E-state index >= 15 is 0 Å². The molecule has 276 valence electrons. The Balaban J connectivity index is 2.46. The molecule has 0 bridgehead atoms. The number of amides is 6. The molecular weight excluding hydrogens is 648 g/mol. The Bertz CT molecular complexity index is 1240. The first-order valence-electron chi connectivity index (χ1n) is 16.0. The fourth-order valence-electron chi connectivity index (χ4n) is 4.59. The molecule has 0 saturated carbocycles. The number of nitrogens with zero attached hydrogens (tertiary/aromatic N) is 3. The van der Waals surface area contributed by atoms with Crippen LogP contribution in [0, 0.1) is 0 Å². The van der Waals surface area contributed by atoms with Gasteiger partial charge in [-0.2, -0.15) is 0 Å². The van der Waals surface area contributed by atoms with Gasteiger partial charge in [-0.25, -0.2) is 20.0 Å². The van der Waals surface area contributed by atoms with Gasteiger partial charge in [0.15, 0.2) is 0 Å². The highest BCUT2D eigenvalue weighted by molar-refractivity contribution is 5.96. The fourth-order valence-corrected chi connectivity index (χ4v) is 4.59. The molecule has 7 N–H and O–H groups in total. The zero-order chi connectivity index (χ0) is 37.1. The van der Waals surface area contributed by atoms with Gasteiger partial charge in [-0.15, -0.1) is 0 Å². The van der Waals surface area contributed by atoms with Gasteiger partial charge in [-0.1, -0.05) is 11.1 Å². The molecule has 49 heavy (non-hydrogen) atoms. The quantitative estimate of drug-likeness (QED) is 0.0353. The van der Waals surface area contributed by atoms with Crippen LogP contribution in [0.2, 0.25) is 0 Å². The van der Waals surface area contributed by atoms with Crippen molar-refractivity contribution in [1.29, 1.82) is 0 Å². The summed E-state index contributed by atoms with van der Waals surface area (Å²) in [6, 6.07) is -2.71. The van der Waals surface area contributed by atoms with Crippen LogP contribution in [0.5, 0.6) is 0 Å². The largest absolute Gasteiger partial charge is 0.464 e. The maximum Gasteiger partial charge on any atom is 0.328 e. The number of nitrogens with one attached hydrogen (secondary N) is 3. The number of ether oxygens (including phenoxy) is 1. The lowest BCUT2D eigenvalue weighted by Gasteiger charge is -2.30. The van der Waals surface area contributed by atoms with Crippen LogP contribution in [0.1, 0.15) is 79.1 Å². The molecule has 18 heteroatoms. The van der Waals surface area contributed by atoms with Crippen molar-refractivity contribution in [1.82, 2.24) is 31.1 Å². The summed E-state index contributed by atoms with van der Waals surface area (Å²) in [5, 5.41) is 47.6. The van der Waals surface area contributed by atoms with Crippen LogP contribution in [-0.4, -0.2) is 128 Å². The first kappa shape index (κ1) is 42.6. The third-order valence-electron chi connectivity index (χ3n) is 7.38. The van der Waals surface area contributed by atoms with Crippen molar-refractivity contribution in [3.8, 4) is 0 Å². The SMILES string of the molecule is CC(=O)N[C@@H](CCCN(O)C(=O)/C=C(\C)CCO)C(=O)OCC/C(C)=C/C(=O)N(O)CCC[C@H]1NC(=O)[C@@H](CCCN(O)C(C)=O)NC1=O. The Hall–Kier alpha value is -4.39. The Labute approximate surface area is 285 Å². The van der Waals surface area contributed by atoms with E-state index < -0.39 is 59.5 Å². The first-order chi connectivity index (χ1) is 23.0. The van der Waals surface area contributed by atoms with E-state index in [-0.39, 0.29) is 84.2 Å². The lowest BCUT2D eigenvalue weighted by atomic mass is 10.0. The minimum atomic E-state index is -1.04. The summed E-state index contributed by atoms with van der Waals surface area (Å²) < 4.78 is 5.24. The van der Waals surface area contributed by atoms with Crippen LogP contribution in [-0.2, 0) is 38.3 Å². The van der Waals surface area contributed by atoms with E-state index in [0.717, 1.165) is 6.08 Å². The predicted molar refractivity (Wildman–Crippen MR) is 170 cm³/mol. The molecule has 1 heterocycles. The molecule has 0 unspecified atom stereocenters. The van der Waals surface area contributed by atoms with E-state index in [1.807, 2.05) is 0 Å². The van der Waals surface area contributed by atoms with Crippen molar-refractivity contribution >= 4 is 41.4 Å². The normalized spacial score (nSPS) is 17.0. The second kappa shape index (κ2) is 22.3. The lowest BCUT2D eigenvalue weighted by Crippen LogP contribution is -2.61. The summed E-state index contributed by atoms with van der Waals surface area (Å²) in [6.07, 6.45) is 3.80. The third kappa shape index (κ3) is 17.0. The van der Waals surface area contributed by atoms with E-state index in [1.54, 1.807) is 13.8 Å². The summed E-state index contributed by atoms with van der Waals surface area (Å²) >= 11 is 0. The molecule has 1 rings (SSSR count). The standard InChI is InChI=1S/C31H50N6O12/c1-20(11-16-38)18-27(41)37(48)15-7-10-26(32-22(3)39)31(45)49-17-12-21(2)19-28(42)36(47)14-6-9-25-30(44)33-24(29(43)34-25)8-5-13-35(46)23(4)40/h18-19,24-26,38,46-48H,5-17H2,1-4H3,(H,32,39)(H,33,44)(H,34,43)/b20-18+,21-19+/t24-,25-,26+/m1/s1. The average Bonchev–Trinajstić information content (AvgIpc) is 3.01. The van der Waals surface area contributed by atoms with Crippen LogP contribution in [0.15, 0.2) is 23.3 Å². The molecule has 0 spiro atoms. The molecular formula is C31H50N6O12. The monoisotopic (exact) mass is 698 g/mol. The Morgan fingerprint density at radius 1 is 0.776 bits per heavy atom. The molecule has 0 aromatic rings. The van der Waals surface area contributed by atoms with Crippen LogP contribution >= 0.6 is 0 Å². The summed E-state index contributed by atoms with van der Waals surface area (Å²) in [6.45, 7) is 5.12. The summed E-state index contributed by atoms with van der Waals surface area (Å²) in [5.41, 5.74) is 1.06. The van der Waals surface area contributed by atoms with E-state index in [1.165, 1.54) is 19.9 Å². The van der Waals surface area contributed by atoms with Crippen molar-refractivity contribution < 1.29 is 59.0 Å². The highest BCUT2D eigenvalue weighted by Gasteiger charge is 2.33. The molecule has 0 aromatic carbocycles. The van der Waals surface area contributed by atoms with E-state index in [2.05, 4.69) is 16.0 Å². The number of piperazine rings is 1. The summed E-state index contributed by atoms with van der Waals surface area (Å²) in [7, 11) is 0. The molecule has 0 aromatic heterocycles. The molecule has 1 aliphatic rings. The second-order valence-corrected chi connectivity index (χ2v) is 11.7. The van der Waals surface area contributed by atoms with Crippen molar-refractivity contribution in [2.24, 2.45) is 0 Å². The number of carbonyl (C=O) groups excluding carboxylic acids is 7. The number of carbonyl (C=O) groups is 7. The highest BCUT2D eigenvalue weighted by atomic mass is 16.5. The number of rotatable bonds is 21. The van der Waals surface area contributed by atoms with Crippen molar-refractivity contribution in [3.05, 3.63) is 23.3 Å². The van der Waals surface area contributed by atoms with Gasteiger partial charge in [0, 0.05) is 58.7 Å². The highest BCUT2D eigenvalue weighted by Crippen LogP contribution is 2.11. The van der Waals surface area contributed by atoms with Crippen LogP contribution in [0.4, 0.5) is 0 Å². The number of hydroxylamine groups is 6. The van der Waals surface area contributed by atoms with Gasteiger partial charge in [0.1, 0.15) is 18.1 Å². The Morgan fingerprint density at radius 3 is 1.71 bits per heavy atom.